The minimum Gasteiger partial charge on any atom is -0.480 e. The number of nitrogens with zero attached hydrogens (tertiary/aromatic N) is 6. The van der Waals surface area contributed by atoms with Gasteiger partial charge in [-0.25, -0.2) is 9.97 Å². The number of carbonyl (C=O) groups is 9. The van der Waals surface area contributed by atoms with Gasteiger partial charge in [-0.2, -0.15) is 0 Å². The molecule has 0 spiro atoms. The Morgan fingerprint density at radius 3 is 1.91 bits per heavy atom. The molecule has 0 fully saturated rings. The molecule has 3 aromatic rings. The van der Waals surface area contributed by atoms with Crippen LogP contribution in [0.5, 0.6) is 0 Å². The molecular formula is C60H73GdN9O15+3. The number of anilines is 1. The number of allylic oxidation sites excluding steroid dienone is 3. The summed E-state index contributed by atoms with van der Waals surface area (Å²) >= 11 is 0. The van der Waals surface area contributed by atoms with Crippen LogP contribution in [0.2, 0.25) is 0 Å². The average Bonchev–Trinajstić information content (AvgIpc) is 1.87. The third-order valence-corrected chi connectivity index (χ3v) is 15.8. The molecular weight excluding hydrogens is 1240 g/mol. The quantitative estimate of drug-likeness (QED) is 0.0208. The maximum Gasteiger partial charge on any atom is 3.00 e. The number of H-pyrrole nitrogens is 2. The molecule has 1 unspecified atom stereocenters. The van der Waals surface area contributed by atoms with Gasteiger partial charge in [0.15, 0.2) is 0 Å². The zero-order valence-corrected chi connectivity index (χ0v) is 50.9. The number of hydrogen-bond acceptors (Lipinski definition) is 15. The Hall–Kier alpha value is -7.29. The average molecular weight is 1320 g/mol. The Balaban J connectivity index is 0.0000116. The SMILES string of the molecule is CCCCCCN1C(=O)c2c3[nH]c(cc4nc(cc5nc(cc6[nH]c2c(c6C)C1=O)C(CC)=C5C)C(C(=O)Nc1ccc(CC(CN(CCN(CC(=O)O)CC(=O)O)CC(=O)O)N(CC(=O)O)CC(=O)O)cc1)=C4C)[C@@H](C)[C@@H]3CCC(=O)OC.[Gd+3]. The van der Waals surface area contributed by atoms with E-state index in [-0.39, 0.29) is 90.5 Å². The number of aliphatic carboxylic acids is 5. The van der Waals surface area contributed by atoms with Crippen LogP contribution in [0, 0.1) is 46.9 Å². The van der Waals surface area contributed by atoms with Gasteiger partial charge < -0.3 is 45.6 Å². The van der Waals surface area contributed by atoms with Crippen LogP contribution in [-0.4, -0.2) is 191 Å². The van der Waals surface area contributed by atoms with Crippen molar-refractivity contribution >= 4 is 92.6 Å². The summed E-state index contributed by atoms with van der Waals surface area (Å²) in [5.41, 5.74) is 8.72. The molecule has 4 aliphatic heterocycles. The number of esters is 1. The first-order valence-electron chi connectivity index (χ1n) is 28.0. The number of carboxylic acid groups (broad SMARTS) is 5. The molecule has 1 aromatic carbocycles. The number of aryl methyl sites for hydroxylation is 1. The number of carboxylic acids is 5. The smallest absolute Gasteiger partial charge is 0.480 e. The Bertz CT molecular complexity index is 3370. The number of fused-ring (bicyclic) bond motifs is 8. The molecule has 6 heterocycles. The van der Waals surface area contributed by atoms with Crippen LogP contribution in [0.4, 0.5) is 5.69 Å². The molecule has 0 saturated heterocycles. The number of imide groups is 1. The summed E-state index contributed by atoms with van der Waals surface area (Å²) in [4.78, 5) is 139. The zero-order valence-electron chi connectivity index (χ0n) is 48.6. The van der Waals surface area contributed by atoms with E-state index in [2.05, 4.69) is 22.2 Å². The molecule has 453 valence electrons. The van der Waals surface area contributed by atoms with Crippen LogP contribution in [0.15, 0.2) is 42.5 Å². The summed E-state index contributed by atoms with van der Waals surface area (Å²) in [5.74, 6) is -9.22. The van der Waals surface area contributed by atoms with Crippen LogP contribution < -0.4 is 5.32 Å². The topological polar surface area (TPSA) is 346 Å². The Morgan fingerprint density at radius 1 is 0.718 bits per heavy atom. The normalized spacial score (nSPS) is 15.5. The van der Waals surface area contributed by atoms with Crippen molar-refractivity contribution in [2.24, 2.45) is 0 Å². The summed E-state index contributed by atoms with van der Waals surface area (Å²) in [5, 5.41) is 51.3. The summed E-state index contributed by atoms with van der Waals surface area (Å²) in [6, 6.07) is 11.0. The number of unbranched alkanes of at least 4 members (excludes halogenated alkanes) is 3. The van der Waals surface area contributed by atoms with E-state index in [0.29, 0.717) is 98.0 Å². The van der Waals surface area contributed by atoms with Crippen LogP contribution in [0.3, 0.4) is 0 Å². The molecule has 2 aromatic heterocycles. The fraction of sp³-hybridized carbons (Fsp3) is 0.450. The van der Waals surface area contributed by atoms with Gasteiger partial charge in [0.2, 0.25) is 0 Å². The predicted molar refractivity (Wildman–Crippen MR) is 309 cm³/mol. The number of rotatable bonds is 29. The van der Waals surface area contributed by atoms with E-state index in [9.17, 15) is 63.9 Å². The molecule has 3 amide bonds. The maximum absolute atomic E-state index is 15.0. The van der Waals surface area contributed by atoms with Crippen LogP contribution in [-0.2, 0) is 44.7 Å². The third kappa shape index (κ3) is 16.2. The molecule has 7 rings (SSSR count). The molecule has 0 aliphatic carbocycles. The van der Waals surface area contributed by atoms with E-state index in [4.69, 9.17) is 14.7 Å². The fourth-order valence-electron chi connectivity index (χ4n) is 11.5. The number of aromatic nitrogens is 4. The predicted octanol–water partition coefficient (Wildman–Crippen LogP) is 6.51. The molecule has 8 bridgehead atoms. The molecule has 24 nitrogen and oxygen atoms in total. The summed E-state index contributed by atoms with van der Waals surface area (Å²) in [7, 11) is 1.32. The van der Waals surface area contributed by atoms with Crippen LogP contribution in [0.25, 0.3) is 33.3 Å². The van der Waals surface area contributed by atoms with E-state index in [1.807, 2.05) is 39.8 Å². The monoisotopic (exact) mass is 1320 g/mol. The standard InChI is InChI=1S/C60H73N9O15.Gd/c1-8-10-11-12-19-69-59(82)54-35(6)44-24-45-39(9-2)32(3)41(62-45)25-46-53(34(5)43(63-46)23-42-33(4)40(17-18-52(80)84-7)56(64-42)55(60(69)83)57(54)65-44)58(81)61-37-15-13-36(14-16-37)22-38(68(30-50(76)77)31-51(78)79)26-66(27-47(70)71)20-21-67(28-48(72)73)29-49(74)75;/h13-16,23-25,33,38,40,64-65H,8-12,17-22,26-31H2,1-7H3,(H,61,81)(H,70,71)(H,72,73)(H,74,75)(H,76,77)(H,78,79);/q;+3/t33-,38?,40-;/m0./s1. The molecule has 8 N–H and O–H groups in total. The number of nitrogens with one attached hydrogen (secondary N) is 3. The second-order valence-corrected chi connectivity index (χ2v) is 21.6. The van der Waals surface area contributed by atoms with Gasteiger partial charge in [-0.15, -0.1) is 0 Å². The van der Waals surface area contributed by atoms with Crippen molar-refractivity contribution < 1.29 is 113 Å². The van der Waals surface area contributed by atoms with Crippen molar-refractivity contribution in [1.29, 1.82) is 0 Å². The van der Waals surface area contributed by atoms with Gasteiger partial charge in [0.1, 0.15) is 0 Å². The largest absolute Gasteiger partial charge is 3.00 e. The van der Waals surface area contributed by atoms with Gasteiger partial charge in [0, 0.05) is 73.1 Å². The van der Waals surface area contributed by atoms with Crippen molar-refractivity contribution in [3.8, 4) is 0 Å². The molecule has 4 aliphatic rings. The van der Waals surface area contributed by atoms with Crippen molar-refractivity contribution in [1.82, 2.24) is 39.5 Å². The molecule has 1 radical (unpaired) electrons. The fourth-order valence-corrected chi connectivity index (χ4v) is 11.5. The third-order valence-electron chi connectivity index (χ3n) is 15.8. The van der Waals surface area contributed by atoms with Gasteiger partial charge >= 0.3 is 75.8 Å². The van der Waals surface area contributed by atoms with Gasteiger partial charge in [0.05, 0.1) is 84.8 Å². The number of carbonyl (C=O) groups excluding carboxylic acids is 4. The minimum atomic E-state index is -1.35. The summed E-state index contributed by atoms with van der Waals surface area (Å²) in [6.45, 7) is 7.84. The molecule has 0 saturated carbocycles. The summed E-state index contributed by atoms with van der Waals surface area (Å²) in [6.07, 6.45) is 4.25. The Labute approximate surface area is 523 Å². The van der Waals surface area contributed by atoms with E-state index in [1.54, 1.807) is 37.3 Å². The maximum atomic E-state index is 15.0. The number of benzene rings is 1. The van der Waals surface area contributed by atoms with E-state index < -0.39 is 98.2 Å². The molecule has 85 heavy (non-hydrogen) atoms. The number of ether oxygens (including phenoxy) is 1. The van der Waals surface area contributed by atoms with E-state index >= 15 is 4.79 Å². The number of aromatic amines is 2. The Kier molecular flexibility index (Phi) is 23.3. The zero-order chi connectivity index (χ0) is 61.3. The van der Waals surface area contributed by atoms with Gasteiger partial charge in [-0.1, -0.05) is 52.2 Å². The number of amides is 3. The van der Waals surface area contributed by atoms with Crippen LogP contribution in [0.1, 0.15) is 157 Å². The molecule has 25 heteroatoms. The first-order chi connectivity index (χ1) is 39.9. The second-order valence-electron chi connectivity index (χ2n) is 21.6. The van der Waals surface area contributed by atoms with Crippen molar-refractivity contribution in [2.45, 2.75) is 111 Å². The van der Waals surface area contributed by atoms with Gasteiger partial charge in [-0.3, -0.25) is 62.8 Å². The molecule has 3 atom stereocenters. The van der Waals surface area contributed by atoms with Gasteiger partial charge in [0.25, 0.3) is 17.7 Å². The summed E-state index contributed by atoms with van der Waals surface area (Å²) < 4.78 is 5.07. The minimum absolute atomic E-state index is 0. The first-order valence-corrected chi connectivity index (χ1v) is 28.0. The first kappa shape index (κ1) is 66.8. The Morgan fingerprint density at radius 2 is 1.31 bits per heavy atom. The number of methoxy groups -OCH3 is 1. The van der Waals surface area contributed by atoms with Crippen molar-refractivity contribution in [3.05, 3.63) is 98.9 Å². The van der Waals surface area contributed by atoms with Gasteiger partial charge in [-0.05, 0) is 105 Å². The van der Waals surface area contributed by atoms with E-state index in [1.165, 1.54) is 16.9 Å². The number of hydrogen-bond donors (Lipinski definition) is 8. The van der Waals surface area contributed by atoms with Crippen LogP contribution >= 0.6 is 0 Å². The second kappa shape index (κ2) is 29.7. The van der Waals surface area contributed by atoms with Crippen molar-refractivity contribution in [2.75, 3.05) is 71.3 Å². The van der Waals surface area contributed by atoms with Crippen molar-refractivity contribution in [3.63, 3.8) is 0 Å². The van der Waals surface area contributed by atoms with E-state index in [0.717, 1.165) is 40.2 Å².